The molecule has 2 aromatic heterocycles. The van der Waals surface area contributed by atoms with Crippen molar-refractivity contribution >= 4 is 71.1 Å². The molecule has 8 atom stereocenters. The van der Waals surface area contributed by atoms with Crippen LogP contribution in [-0.4, -0.2) is 170 Å². The molecule has 3 rings (SSSR count). The van der Waals surface area contributed by atoms with E-state index in [1.54, 1.807) is 96.9 Å². The highest BCUT2D eigenvalue weighted by atomic mass is 35.5. The van der Waals surface area contributed by atoms with Gasteiger partial charge in [0.15, 0.2) is 30.0 Å². The van der Waals surface area contributed by atoms with Gasteiger partial charge in [-0.3, -0.25) is 0 Å². The Labute approximate surface area is 591 Å². The number of nitrogens with two attached hydrogens (primary N) is 3. The Morgan fingerprint density at radius 1 is 0.582 bits per heavy atom. The number of aliphatic carboxylic acids is 1. The minimum atomic E-state index is -1.63. The maximum atomic E-state index is 11.8. The first-order chi connectivity index (χ1) is 44.6. The zero-order chi connectivity index (χ0) is 77.6. The second-order valence-electron chi connectivity index (χ2n) is 29.6. The maximum Gasteiger partial charge on any atom is 0.407 e. The lowest BCUT2D eigenvalue weighted by atomic mass is 9.96. The molecule has 1 aliphatic rings. The number of amidine groups is 2. The number of alkyl halides is 2. The summed E-state index contributed by atoms with van der Waals surface area (Å²) in [6, 6.07) is 0.640. The van der Waals surface area contributed by atoms with E-state index in [0.717, 1.165) is 6.54 Å². The highest BCUT2D eigenvalue weighted by Crippen LogP contribution is 2.25. The molecule has 570 valence electrons. The van der Waals surface area contributed by atoms with Gasteiger partial charge in [-0.15, -0.1) is 23.2 Å². The lowest BCUT2D eigenvalue weighted by Crippen LogP contribution is -2.48. The summed E-state index contributed by atoms with van der Waals surface area (Å²) in [5.74, 6) is -0.609. The summed E-state index contributed by atoms with van der Waals surface area (Å²) < 4.78 is 25.3. The van der Waals surface area contributed by atoms with E-state index in [0.29, 0.717) is 43.4 Å². The molecule has 98 heavy (non-hydrogen) atoms. The normalized spacial score (nSPS) is 15.5. The number of aliphatic hydroxyl groups excluding tert-OH is 4. The molecular weight excluding hydrogens is 1320 g/mol. The summed E-state index contributed by atoms with van der Waals surface area (Å²) in [7, 11) is 0. The predicted octanol–water partition coefficient (Wildman–Crippen LogP) is 10.8. The Kier molecular flexibility index (Phi) is 46.8. The first-order valence-corrected chi connectivity index (χ1v) is 33.8. The Hall–Kier alpha value is -6.47. The minimum Gasteiger partial charge on any atom is -0.479 e. The maximum absolute atomic E-state index is 11.8. The lowest BCUT2D eigenvalue weighted by molar-refractivity contribution is -0.155. The first-order valence-electron chi connectivity index (χ1n) is 32.7. The van der Waals surface area contributed by atoms with Crippen LogP contribution in [0.3, 0.4) is 0 Å². The zero-order valence-corrected chi connectivity index (χ0v) is 64.7. The Morgan fingerprint density at radius 3 is 1.22 bits per heavy atom. The SMILES string of the molecule is CC(C)(C)/C(N)=N/O.CCN=C=NC1CCCCC1.CC[C@H](N)C(O)c1nc(C(C)(C)C)no1.CC[C@H](NC(=O)OC(C)(C)C)C(O)C(=O)O.CC[C@H](NC(=O)OC(C)(C)C)C(O)C(=O)O/N=C(\N)C(C)(C)C.CC[C@H](NC(=O)OC(C)(C)C)C(O)c1nc(C(C)(C)C)no1.ClCCl. The van der Waals surface area contributed by atoms with E-state index in [4.69, 9.17) is 74.0 Å². The number of carbonyl (C=O) groups is 5. The quantitative estimate of drug-likeness (QED) is 0.0125. The van der Waals surface area contributed by atoms with Crippen molar-refractivity contribution in [2.45, 2.75) is 320 Å². The molecule has 0 saturated heterocycles. The molecule has 31 nitrogen and oxygen atoms in total. The standard InChI is InChI=1S/C15H29N3O5.C15H27N3O4.C10H19N3O2.C10H19NO5.C9H16N2.C5H12N2O.CH2Cl2/c1-8-9(17-13(21)22-15(5,6)7)10(19)11(20)23-18-12(16)14(2,3)4;1-8-9(16-13(20)21-15(5,6)7)10(19)11-17-12(18-22-11)14(2,3)4;1-5-6(11)7(14)8-12-9(13-15-8)10(2,3)4;1-5-6(7(12)8(13)14)11-9(15)16-10(2,3)4;1-2-10-8-11-9-6-4-3-5-7-9;1-5(2,3)4(6)7-8;2-1-3/h9-10,19H,8H2,1-7H3,(H2,16,18)(H,17,21);9-10,19H,8H2,1-7H3,(H,16,20);6-7,14H,5,11H2,1-4H3;6-7,12H,5H2,1-4H3,(H,11,15)(H,13,14);9H,2-7H2,1H3;8H,1-3H3,(H2,6,7);1H2/t2*9-,10?;2*6-,7?;;;/m0000.../s1. The Morgan fingerprint density at radius 2 is 0.939 bits per heavy atom. The summed E-state index contributed by atoms with van der Waals surface area (Å²) in [5.41, 5.74) is 13.5. The number of carboxylic acids is 1. The van der Waals surface area contributed by atoms with Crippen LogP contribution in [-0.2, 0) is 39.5 Å². The van der Waals surface area contributed by atoms with Crippen molar-refractivity contribution < 1.29 is 82.8 Å². The van der Waals surface area contributed by atoms with Gasteiger partial charge in [-0.25, -0.2) is 34.0 Å². The minimum absolute atomic E-state index is 0.0906. The molecule has 1 saturated carbocycles. The molecular formula is C65H124Cl2N14O17. The van der Waals surface area contributed by atoms with E-state index in [-0.39, 0.29) is 51.1 Å². The van der Waals surface area contributed by atoms with E-state index >= 15 is 0 Å². The summed E-state index contributed by atoms with van der Waals surface area (Å²) in [6.45, 7) is 48.3. The summed E-state index contributed by atoms with van der Waals surface area (Å²) >= 11 is 9.53. The molecule has 1 fully saturated rings. The molecule has 3 amide bonds. The molecule has 1 aliphatic carbocycles. The predicted molar refractivity (Wildman–Crippen MR) is 378 cm³/mol. The fraction of sp³-hybridized carbons (Fsp3) is 0.815. The van der Waals surface area contributed by atoms with E-state index in [1.807, 2.05) is 83.1 Å². The number of aliphatic imine (C=N–C) groups is 2. The number of ether oxygens (including phenoxy) is 3. The number of alkyl carbamates (subject to hydrolysis) is 3. The van der Waals surface area contributed by atoms with Crippen LogP contribution >= 0.6 is 23.2 Å². The molecule has 2 aromatic rings. The topological polar surface area (TPSA) is 485 Å². The highest BCUT2D eigenvalue weighted by Gasteiger charge is 2.34. The van der Waals surface area contributed by atoms with E-state index in [9.17, 15) is 44.4 Å². The van der Waals surface area contributed by atoms with E-state index in [2.05, 4.69) is 67.4 Å². The molecule has 15 N–H and O–H groups in total. The number of carbonyl (C=O) groups excluding carboxylic acids is 4. The Bertz CT molecular complexity index is 2710. The van der Waals surface area contributed by atoms with Crippen LogP contribution in [0.5, 0.6) is 0 Å². The van der Waals surface area contributed by atoms with Gasteiger partial charge in [-0.05, 0) is 108 Å². The van der Waals surface area contributed by atoms with Crippen LogP contribution < -0.4 is 33.2 Å². The van der Waals surface area contributed by atoms with Crippen molar-refractivity contribution in [2.75, 3.05) is 11.9 Å². The molecule has 4 unspecified atom stereocenters. The first kappa shape index (κ1) is 97.9. The third-order valence-electron chi connectivity index (χ3n) is 12.6. The van der Waals surface area contributed by atoms with Gasteiger partial charge in [0.2, 0.25) is 0 Å². The van der Waals surface area contributed by atoms with E-state index < -0.39 is 95.0 Å². The third kappa shape index (κ3) is 46.7. The molecule has 0 aromatic carbocycles. The number of nitrogens with one attached hydrogen (secondary N) is 3. The van der Waals surface area contributed by atoms with Crippen LogP contribution in [0.4, 0.5) is 14.4 Å². The molecule has 33 heteroatoms. The number of rotatable bonds is 18. The second-order valence-corrected chi connectivity index (χ2v) is 30.4. The number of hydrogen-bond donors (Lipinski definition) is 12. The average molecular weight is 1440 g/mol. The fourth-order valence-electron chi connectivity index (χ4n) is 6.66. The van der Waals surface area contributed by atoms with Gasteiger partial charge < -0.3 is 92.0 Å². The number of hydrogen-bond acceptors (Lipinski definition) is 25. The fourth-order valence-corrected chi connectivity index (χ4v) is 6.66. The largest absolute Gasteiger partial charge is 0.479 e. The van der Waals surface area contributed by atoms with Crippen LogP contribution in [0.15, 0.2) is 29.3 Å². The number of halogens is 2. The average Bonchev–Trinajstić information content (AvgIpc) is 1.69. The van der Waals surface area contributed by atoms with Gasteiger partial charge in [-0.1, -0.05) is 151 Å². The van der Waals surface area contributed by atoms with Crippen molar-refractivity contribution in [1.82, 2.24) is 36.2 Å². The lowest BCUT2D eigenvalue weighted by Gasteiger charge is -2.24. The van der Waals surface area contributed by atoms with Crippen LogP contribution in [0.2, 0.25) is 0 Å². The smallest absolute Gasteiger partial charge is 0.407 e. The third-order valence-corrected chi connectivity index (χ3v) is 12.6. The zero-order valence-electron chi connectivity index (χ0n) is 63.2. The highest BCUT2D eigenvalue weighted by molar-refractivity contribution is 6.40. The number of carboxylic acid groups (broad SMARTS) is 1. The summed E-state index contributed by atoms with van der Waals surface area (Å²) in [6.07, 6.45) is 1.08. The van der Waals surface area contributed by atoms with Crippen molar-refractivity contribution in [3.05, 3.63) is 23.4 Å². The second kappa shape index (κ2) is 46.8. The van der Waals surface area contributed by atoms with Gasteiger partial charge in [0.05, 0.1) is 35.5 Å². The van der Waals surface area contributed by atoms with Crippen LogP contribution in [0.25, 0.3) is 0 Å². The van der Waals surface area contributed by atoms with Gasteiger partial charge in [0, 0.05) is 34.2 Å². The molecule has 2 heterocycles. The van der Waals surface area contributed by atoms with Crippen LogP contribution in [0.1, 0.15) is 273 Å². The number of nitrogens with zero attached hydrogens (tertiary/aromatic N) is 8. The van der Waals surface area contributed by atoms with Gasteiger partial charge in [-0.2, -0.15) is 9.97 Å². The van der Waals surface area contributed by atoms with Gasteiger partial charge in [0.25, 0.3) is 11.8 Å². The number of aromatic nitrogens is 4. The number of oxime groups is 2. The molecule has 0 bridgehead atoms. The monoisotopic (exact) mass is 1440 g/mol. The van der Waals surface area contributed by atoms with Crippen molar-refractivity contribution in [2.24, 2.45) is 48.3 Å². The molecule has 0 aliphatic heterocycles. The Balaban J connectivity index is -0.000000551. The van der Waals surface area contributed by atoms with Gasteiger partial charge >= 0.3 is 30.2 Å². The number of aliphatic hydroxyl groups is 4. The van der Waals surface area contributed by atoms with Crippen molar-refractivity contribution in [3.63, 3.8) is 0 Å². The summed E-state index contributed by atoms with van der Waals surface area (Å²) in [5, 5.41) is 77.7. The number of amides is 3. The van der Waals surface area contributed by atoms with Crippen LogP contribution in [0, 0.1) is 10.8 Å². The van der Waals surface area contributed by atoms with Crippen molar-refractivity contribution in [1.29, 1.82) is 0 Å². The van der Waals surface area contributed by atoms with Crippen molar-refractivity contribution in [3.8, 4) is 0 Å². The summed E-state index contributed by atoms with van der Waals surface area (Å²) in [4.78, 5) is 78.4. The molecule has 0 spiro atoms. The van der Waals surface area contributed by atoms with E-state index in [1.165, 1.54) is 32.1 Å². The molecule has 0 radical (unpaired) electrons. The van der Waals surface area contributed by atoms with Gasteiger partial charge in [0.1, 0.15) is 34.6 Å².